The van der Waals surface area contributed by atoms with Crippen LogP contribution in [0.5, 0.6) is 5.88 Å². The molecular weight excluding hydrogens is 514 g/mol. The second-order valence-corrected chi connectivity index (χ2v) is 8.66. The third kappa shape index (κ3) is 5.64. The maximum Gasteiger partial charge on any atom is 0.263 e. The lowest BCUT2D eigenvalue weighted by Gasteiger charge is -2.19. The molecule has 0 unspecified atom stereocenters. The van der Waals surface area contributed by atoms with Gasteiger partial charge in [-0.15, -0.1) is 0 Å². The first-order valence-electron chi connectivity index (χ1n) is 12.6. The molecule has 1 aliphatic carbocycles. The largest absolute Gasteiger partial charge is 0.494 e. The molecule has 0 bridgehead atoms. The lowest BCUT2D eigenvalue weighted by atomic mass is 9.90. The van der Waals surface area contributed by atoms with Crippen LogP contribution in [0.2, 0.25) is 0 Å². The van der Waals surface area contributed by atoms with Gasteiger partial charge in [0.1, 0.15) is 0 Å². The molecule has 0 fully saturated rings. The SMILES string of the molecule is O=c1c2c(=NCCOCCO)cc3c(=O)n(CCOCCO)c(=O)c4ccc(c(O)n1CCOCCO)c2c4-3. The van der Waals surface area contributed by atoms with Crippen molar-refractivity contribution < 1.29 is 34.6 Å². The molecule has 0 radical (unpaired) electrons. The molecule has 2 heterocycles. The zero-order valence-electron chi connectivity index (χ0n) is 21.3. The molecule has 0 saturated carbocycles. The quantitative estimate of drug-likeness (QED) is 0.0992. The Kier molecular flexibility index (Phi) is 9.56. The highest BCUT2D eigenvalue weighted by molar-refractivity contribution is 6.15. The van der Waals surface area contributed by atoms with Gasteiger partial charge in [0.2, 0.25) is 5.88 Å². The van der Waals surface area contributed by atoms with E-state index < -0.39 is 16.7 Å². The summed E-state index contributed by atoms with van der Waals surface area (Å²) in [5.74, 6) is -0.347. The number of rotatable bonds is 15. The molecule has 0 spiro atoms. The van der Waals surface area contributed by atoms with Crippen molar-refractivity contribution in [2.75, 3.05) is 66.0 Å². The van der Waals surface area contributed by atoms with Crippen molar-refractivity contribution in [3.05, 3.63) is 54.6 Å². The van der Waals surface area contributed by atoms with Crippen LogP contribution in [0.25, 0.3) is 32.7 Å². The average Bonchev–Trinajstić information content (AvgIpc) is 2.93. The molecule has 1 aromatic carbocycles. The van der Waals surface area contributed by atoms with Crippen LogP contribution in [-0.2, 0) is 27.3 Å². The average molecular weight is 546 g/mol. The summed E-state index contributed by atoms with van der Waals surface area (Å²) in [4.78, 5) is 45.0. The number of hydrogen-bond donors (Lipinski definition) is 4. The Labute approximate surface area is 221 Å². The molecule has 0 atom stereocenters. The van der Waals surface area contributed by atoms with E-state index in [2.05, 4.69) is 4.99 Å². The predicted molar refractivity (Wildman–Crippen MR) is 141 cm³/mol. The van der Waals surface area contributed by atoms with Crippen LogP contribution in [-0.4, -0.2) is 95.6 Å². The smallest absolute Gasteiger partial charge is 0.263 e. The van der Waals surface area contributed by atoms with Gasteiger partial charge < -0.3 is 34.6 Å². The Bertz CT molecular complexity index is 1610. The summed E-state index contributed by atoms with van der Waals surface area (Å²) in [6.45, 7) is 0.0452. The van der Waals surface area contributed by atoms with Crippen molar-refractivity contribution in [3.63, 3.8) is 0 Å². The molecule has 210 valence electrons. The van der Waals surface area contributed by atoms with Crippen molar-refractivity contribution in [1.82, 2.24) is 9.13 Å². The molecule has 1 aromatic heterocycles. The van der Waals surface area contributed by atoms with E-state index in [1.165, 1.54) is 18.2 Å². The first-order chi connectivity index (χ1) is 19.0. The van der Waals surface area contributed by atoms with Gasteiger partial charge in [-0.05, 0) is 18.2 Å². The van der Waals surface area contributed by atoms with Crippen LogP contribution < -0.4 is 22.0 Å². The number of aromatic hydroxyl groups is 1. The number of benzene rings is 2. The highest BCUT2D eigenvalue weighted by atomic mass is 16.5. The van der Waals surface area contributed by atoms with E-state index in [0.717, 1.165) is 9.13 Å². The fraction of sp³-hybridized carbons (Fsp3) is 0.462. The predicted octanol–water partition coefficient (Wildman–Crippen LogP) is -1.71. The zero-order chi connectivity index (χ0) is 27.9. The zero-order valence-corrected chi connectivity index (χ0v) is 21.3. The summed E-state index contributed by atoms with van der Waals surface area (Å²) in [6, 6.07) is 4.50. The fourth-order valence-corrected chi connectivity index (χ4v) is 4.64. The lowest BCUT2D eigenvalue weighted by molar-refractivity contribution is 0.0855. The maximum atomic E-state index is 13.7. The Morgan fingerprint density at radius 2 is 1.28 bits per heavy atom. The summed E-state index contributed by atoms with van der Waals surface area (Å²) in [5.41, 5.74) is -1.32. The summed E-state index contributed by atoms with van der Waals surface area (Å²) in [7, 11) is 0. The van der Waals surface area contributed by atoms with Crippen LogP contribution in [0, 0.1) is 0 Å². The fourth-order valence-electron chi connectivity index (χ4n) is 4.64. The van der Waals surface area contributed by atoms with Crippen LogP contribution in [0.1, 0.15) is 0 Å². The molecule has 2 aliphatic rings. The second-order valence-electron chi connectivity index (χ2n) is 8.66. The van der Waals surface area contributed by atoms with E-state index in [4.69, 9.17) is 29.5 Å². The Morgan fingerprint density at radius 1 is 0.692 bits per heavy atom. The van der Waals surface area contributed by atoms with Crippen LogP contribution in [0.15, 0.2) is 37.6 Å². The first-order valence-corrected chi connectivity index (χ1v) is 12.6. The van der Waals surface area contributed by atoms with E-state index >= 15 is 0 Å². The van der Waals surface area contributed by atoms with Gasteiger partial charge in [-0.3, -0.25) is 28.5 Å². The maximum absolute atomic E-state index is 13.7. The molecule has 4 rings (SSSR count). The number of ether oxygens (including phenoxy) is 3. The number of aliphatic hydroxyl groups excluding tert-OH is 3. The van der Waals surface area contributed by atoms with Gasteiger partial charge >= 0.3 is 0 Å². The number of aliphatic hydroxyl groups is 3. The van der Waals surface area contributed by atoms with Crippen molar-refractivity contribution in [1.29, 1.82) is 0 Å². The third-order valence-electron chi connectivity index (χ3n) is 6.31. The van der Waals surface area contributed by atoms with Crippen molar-refractivity contribution >= 4 is 21.5 Å². The van der Waals surface area contributed by atoms with Gasteiger partial charge in [-0.2, -0.15) is 0 Å². The molecule has 13 heteroatoms. The lowest BCUT2D eigenvalue weighted by Crippen LogP contribution is -2.38. The molecule has 1 aliphatic heterocycles. The van der Waals surface area contributed by atoms with E-state index in [9.17, 15) is 19.5 Å². The molecule has 13 nitrogen and oxygen atoms in total. The minimum absolute atomic E-state index is 0.00632. The van der Waals surface area contributed by atoms with Crippen molar-refractivity contribution in [2.24, 2.45) is 4.99 Å². The van der Waals surface area contributed by atoms with Crippen LogP contribution in [0.4, 0.5) is 0 Å². The topological polar surface area (TPSA) is 182 Å². The highest BCUT2D eigenvalue weighted by Gasteiger charge is 2.26. The van der Waals surface area contributed by atoms with Gasteiger partial charge in [0.05, 0.1) is 95.4 Å². The standard InChI is InChI=1S/C26H31N3O10/c30-6-12-37-9-3-27-19-15-18-20-16(23(33)28(25(18)35)4-10-38-13-7-31)1-2-17-21(20)22(19)26(36)29(24(17)34)5-11-39-14-8-32/h1-2,15,30-32,34H,3-14H2. The monoisotopic (exact) mass is 545 g/mol. The Morgan fingerprint density at radius 3 is 1.92 bits per heavy atom. The summed E-state index contributed by atoms with van der Waals surface area (Å²) in [5, 5.41) is 38.9. The second kappa shape index (κ2) is 13.1. The van der Waals surface area contributed by atoms with Crippen LogP contribution >= 0.6 is 0 Å². The van der Waals surface area contributed by atoms with E-state index in [1.807, 2.05) is 0 Å². The molecule has 0 saturated heterocycles. The Hall–Kier alpha value is -3.46. The molecule has 39 heavy (non-hydrogen) atoms. The van der Waals surface area contributed by atoms with Gasteiger partial charge in [0, 0.05) is 21.7 Å². The van der Waals surface area contributed by atoms with Crippen LogP contribution in [0.3, 0.4) is 0 Å². The van der Waals surface area contributed by atoms with E-state index in [1.54, 1.807) is 0 Å². The number of aromatic nitrogens is 2. The summed E-state index contributed by atoms with van der Waals surface area (Å²) >= 11 is 0. The molecule has 0 amide bonds. The van der Waals surface area contributed by atoms with Gasteiger partial charge in [-0.1, -0.05) is 0 Å². The molecule has 4 N–H and O–H groups in total. The summed E-state index contributed by atoms with van der Waals surface area (Å²) in [6.07, 6.45) is 0. The number of hydrogen-bond acceptors (Lipinski definition) is 11. The first kappa shape index (κ1) is 28.5. The minimum atomic E-state index is -0.594. The Balaban J connectivity index is 1.99. The van der Waals surface area contributed by atoms with Gasteiger partial charge in [0.25, 0.3) is 16.7 Å². The highest BCUT2D eigenvalue weighted by Crippen LogP contribution is 2.36. The minimum Gasteiger partial charge on any atom is -0.494 e. The normalized spacial score (nSPS) is 12.5. The molecular formula is C26H31N3O10. The van der Waals surface area contributed by atoms with E-state index in [-0.39, 0.29) is 123 Å². The van der Waals surface area contributed by atoms with Crippen molar-refractivity contribution in [3.8, 4) is 17.0 Å². The van der Waals surface area contributed by atoms with Gasteiger partial charge in [-0.25, -0.2) is 0 Å². The number of pyridine rings is 2. The third-order valence-corrected chi connectivity index (χ3v) is 6.31. The summed E-state index contributed by atoms with van der Waals surface area (Å²) < 4.78 is 18.0. The van der Waals surface area contributed by atoms with Crippen molar-refractivity contribution in [2.45, 2.75) is 13.1 Å². The van der Waals surface area contributed by atoms with E-state index in [0.29, 0.717) is 0 Å². The molecule has 2 aromatic rings. The number of nitrogens with zero attached hydrogens (tertiary/aromatic N) is 3. The van der Waals surface area contributed by atoms with Gasteiger partial charge in [0.15, 0.2) is 0 Å².